The molecule has 0 spiro atoms. The van der Waals surface area contributed by atoms with Gasteiger partial charge in [0.25, 0.3) is 0 Å². The van der Waals surface area contributed by atoms with Crippen LogP contribution in [0.15, 0.2) is 42.2 Å². The summed E-state index contributed by atoms with van der Waals surface area (Å²) in [5.41, 5.74) is 7.16. The van der Waals surface area contributed by atoms with Gasteiger partial charge in [0.2, 0.25) is 0 Å². The molecule has 0 radical (unpaired) electrons. The lowest BCUT2D eigenvalue weighted by Crippen LogP contribution is -2.30. The van der Waals surface area contributed by atoms with Crippen molar-refractivity contribution in [3.8, 4) is 0 Å². The molecular weight excluding hydrogens is 214 g/mol. The van der Waals surface area contributed by atoms with Crippen LogP contribution in [0.25, 0.3) is 0 Å². The SMILES string of the molecule is NC(COCc1ccccc1)C1=CCCCO1. The first-order valence-corrected chi connectivity index (χ1v) is 6.06. The molecule has 0 aromatic heterocycles. The largest absolute Gasteiger partial charge is 0.497 e. The zero-order valence-electron chi connectivity index (χ0n) is 9.97. The summed E-state index contributed by atoms with van der Waals surface area (Å²) in [5, 5.41) is 0. The van der Waals surface area contributed by atoms with E-state index in [0.29, 0.717) is 13.2 Å². The predicted molar refractivity (Wildman–Crippen MR) is 67.3 cm³/mol. The van der Waals surface area contributed by atoms with Crippen LogP contribution in [0.3, 0.4) is 0 Å². The predicted octanol–water partition coefficient (Wildman–Crippen LogP) is 2.22. The Morgan fingerprint density at radius 3 is 2.82 bits per heavy atom. The Labute approximate surface area is 102 Å². The lowest BCUT2D eigenvalue weighted by atomic mass is 10.1. The molecule has 1 atom stereocenters. The van der Waals surface area contributed by atoms with Gasteiger partial charge in [-0.3, -0.25) is 0 Å². The van der Waals surface area contributed by atoms with Gasteiger partial charge in [-0.05, 0) is 24.5 Å². The van der Waals surface area contributed by atoms with Crippen LogP contribution in [-0.4, -0.2) is 19.3 Å². The van der Waals surface area contributed by atoms with Crippen LogP contribution in [0.1, 0.15) is 18.4 Å². The summed E-state index contributed by atoms with van der Waals surface area (Å²) in [4.78, 5) is 0. The maximum atomic E-state index is 5.99. The topological polar surface area (TPSA) is 44.5 Å². The summed E-state index contributed by atoms with van der Waals surface area (Å²) in [6, 6.07) is 9.95. The van der Waals surface area contributed by atoms with Crippen molar-refractivity contribution in [2.45, 2.75) is 25.5 Å². The minimum absolute atomic E-state index is 0.140. The van der Waals surface area contributed by atoms with Gasteiger partial charge in [0.1, 0.15) is 5.76 Å². The molecule has 3 heteroatoms. The molecule has 1 aromatic rings. The smallest absolute Gasteiger partial charge is 0.111 e. The Morgan fingerprint density at radius 2 is 2.12 bits per heavy atom. The fourth-order valence-corrected chi connectivity index (χ4v) is 1.80. The van der Waals surface area contributed by atoms with Crippen molar-refractivity contribution in [2.24, 2.45) is 5.73 Å². The fraction of sp³-hybridized carbons (Fsp3) is 0.429. The molecule has 0 bridgehead atoms. The summed E-state index contributed by atoms with van der Waals surface area (Å²) in [6.45, 7) is 1.88. The zero-order chi connectivity index (χ0) is 11.9. The highest BCUT2D eigenvalue weighted by molar-refractivity contribution is 5.13. The number of hydrogen-bond donors (Lipinski definition) is 1. The molecule has 3 nitrogen and oxygen atoms in total. The van der Waals surface area contributed by atoms with Crippen molar-refractivity contribution < 1.29 is 9.47 Å². The van der Waals surface area contributed by atoms with E-state index in [0.717, 1.165) is 25.2 Å². The van der Waals surface area contributed by atoms with Crippen molar-refractivity contribution in [1.82, 2.24) is 0 Å². The molecule has 2 rings (SSSR count). The van der Waals surface area contributed by atoms with Crippen molar-refractivity contribution in [3.63, 3.8) is 0 Å². The van der Waals surface area contributed by atoms with Crippen LogP contribution in [0, 0.1) is 0 Å². The molecule has 1 aliphatic rings. The molecule has 0 saturated heterocycles. The molecule has 0 amide bonds. The van der Waals surface area contributed by atoms with E-state index in [4.69, 9.17) is 15.2 Å². The lowest BCUT2D eigenvalue weighted by Gasteiger charge is -2.20. The van der Waals surface area contributed by atoms with E-state index in [-0.39, 0.29) is 6.04 Å². The Morgan fingerprint density at radius 1 is 1.29 bits per heavy atom. The van der Waals surface area contributed by atoms with Gasteiger partial charge in [-0.1, -0.05) is 30.3 Å². The molecule has 0 saturated carbocycles. The third-order valence-electron chi connectivity index (χ3n) is 2.74. The summed E-state index contributed by atoms with van der Waals surface area (Å²) < 4.78 is 11.1. The maximum absolute atomic E-state index is 5.99. The summed E-state index contributed by atoms with van der Waals surface area (Å²) >= 11 is 0. The second kappa shape index (κ2) is 6.42. The highest BCUT2D eigenvalue weighted by Crippen LogP contribution is 2.13. The second-order valence-corrected chi connectivity index (χ2v) is 4.20. The average molecular weight is 233 g/mol. The first-order chi connectivity index (χ1) is 8.36. The minimum Gasteiger partial charge on any atom is -0.497 e. The quantitative estimate of drug-likeness (QED) is 0.848. The maximum Gasteiger partial charge on any atom is 0.111 e. The number of nitrogens with two attached hydrogens (primary N) is 1. The van der Waals surface area contributed by atoms with Gasteiger partial charge in [0, 0.05) is 0 Å². The monoisotopic (exact) mass is 233 g/mol. The van der Waals surface area contributed by atoms with E-state index in [2.05, 4.69) is 6.08 Å². The second-order valence-electron chi connectivity index (χ2n) is 4.20. The molecule has 0 fully saturated rings. The zero-order valence-corrected chi connectivity index (χ0v) is 9.97. The van der Waals surface area contributed by atoms with Crippen LogP contribution in [-0.2, 0) is 16.1 Å². The summed E-state index contributed by atoms with van der Waals surface area (Å²) in [7, 11) is 0. The third kappa shape index (κ3) is 3.88. The van der Waals surface area contributed by atoms with E-state index >= 15 is 0 Å². The Kier molecular flexibility index (Phi) is 4.59. The van der Waals surface area contributed by atoms with Gasteiger partial charge in [-0.2, -0.15) is 0 Å². The van der Waals surface area contributed by atoms with Crippen LogP contribution >= 0.6 is 0 Å². The highest BCUT2D eigenvalue weighted by Gasteiger charge is 2.13. The van der Waals surface area contributed by atoms with Gasteiger partial charge in [0.05, 0.1) is 25.9 Å². The molecule has 1 aliphatic heterocycles. The van der Waals surface area contributed by atoms with Crippen LogP contribution in [0.2, 0.25) is 0 Å². The first kappa shape index (κ1) is 12.1. The van der Waals surface area contributed by atoms with Crippen LogP contribution < -0.4 is 5.73 Å². The highest BCUT2D eigenvalue weighted by atomic mass is 16.5. The van der Waals surface area contributed by atoms with E-state index in [9.17, 15) is 0 Å². The molecule has 17 heavy (non-hydrogen) atoms. The number of benzene rings is 1. The van der Waals surface area contributed by atoms with Gasteiger partial charge < -0.3 is 15.2 Å². The lowest BCUT2D eigenvalue weighted by molar-refractivity contribution is 0.0890. The molecule has 1 heterocycles. The van der Waals surface area contributed by atoms with E-state index < -0.39 is 0 Å². The number of ether oxygens (including phenoxy) is 2. The summed E-state index contributed by atoms with van der Waals surface area (Å²) in [6.07, 6.45) is 4.21. The van der Waals surface area contributed by atoms with Gasteiger partial charge >= 0.3 is 0 Å². The number of rotatable bonds is 5. The third-order valence-corrected chi connectivity index (χ3v) is 2.74. The molecular formula is C14H19NO2. The van der Waals surface area contributed by atoms with Crippen molar-refractivity contribution in [3.05, 3.63) is 47.7 Å². The first-order valence-electron chi connectivity index (χ1n) is 6.06. The standard InChI is InChI=1S/C14H19NO2/c15-13(14-8-4-5-9-17-14)11-16-10-12-6-2-1-3-7-12/h1-3,6-8,13H,4-5,9-11,15H2. The van der Waals surface area contributed by atoms with Crippen LogP contribution in [0.5, 0.6) is 0 Å². The average Bonchev–Trinajstić information content (AvgIpc) is 2.41. The number of hydrogen-bond acceptors (Lipinski definition) is 3. The summed E-state index contributed by atoms with van der Waals surface area (Å²) in [5.74, 6) is 0.879. The molecule has 0 aliphatic carbocycles. The molecule has 2 N–H and O–H groups in total. The Hall–Kier alpha value is -1.32. The van der Waals surface area contributed by atoms with Gasteiger partial charge in [0.15, 0.2) is 0 Å². The van der Waals surface area contributed by atoms with Crippen molar-refractivity contribution in [1.29, 1.82) is 0 Å². The minimum atomic E-state index is -0.140. The Balaban J connectivity index is 1.73. The molecule has 92 valence electrons. The van der Waals surface area contributed by atoms with Gasteiger partial charge in [-0.25, -0.2) is 0 Å². The van der Waals surface area contributed by atoms with Gasteiger partial charge in [-0.15, -0.1) is 0 Å². The van der Waals surface area contributed by atoms with E-state index in [1.54, 1.807) is 0 Å². The van der Waals surface area contributed by atoms with E-state index in [1.807, 2.05) is 30.3 Å². The van der Waals surface area contributed by atoms with Crippen LogP contribution in [0.4, 0.5) is 0 Å². The Bertz CT molecular complexity index is 362. The van der Waals surface area contributed by atoms with Crippen molar-refractivity contribution >= 4 is 0 Å². The number of allylic oxidation sites excluding steroid dienone is 1. The molecule has 1 unspecified atom stereocenters. The normalized spacial score (nSPS) is 17.1. The fourth-order valence-electron chi connectivity index (χ4n) is 1.80. The molecule has 1 aromatic carbocycles. The van der Waals surface area contributed by atoms with Crippen molar-refractivity contribution in [2.75, 3.05) is 13.2 Å². The van der Waals surface area contributed by atoms with E-state index in [1.165, 1.54) is 5.56 Å².